The summed E-state index contributed by atoms with van der Waals surface area (Å²) >= 11 is -23.0. The summed E-state index contributed by atoms with van der Waals surface area (Å²) in [5.74, 6) is -36.4. The zero-order chi connectivity index (χ0) is 45.1. The third-order valence-electron chi connectivity index (χ3n) is 7.30. The Bertz CT molecular complexity index is 1100. The summed E-state index contributed by atoms with van der Waals surface area (Å²) in [6.45, 7) is -0.0657. The van der Waals surface area contributed by atoms with Gasteiger partial charge in [-0.1, -0.05) is 0 Å². The molecule has 0 bridgehead atoms. The molecule has 0 aromatic heterocycles. The standard InChI is InChI=1S/4C4H2F7.2C4H9.O.2Sn/c4*5-2(6)3(7,8)1-4(9,10)11;2*1-4(2)3;;;/h4*1H2;2*4H,1H2,2-3H3;;;. The fourth-order valence-electron chi connectivity index (χ4n) is 5.33. The van der Waals surface area contributed by atoms with Gasteiger partial charge < -0.3 is 0 Å². The summed E-state index contributed by atoms with van der Waals surface area (Å²) in [6, 6.07) is 0. The molecular weight excluding hydrogens is 1070 g/mol. The molecule has 1 nitrogen and oxygen atoms in total. The fraction of sp³-hybridized carbons (Fsp3) is 1.00. The van der Waals surface area contributed by atoms with Gasteiger partial charge in [0.15, 0.2) is 0 Å². The maximum absolute atomic E-state index is 16.1. The molecule has 0 aromatic rings. The van der Waals surface area contributed by atoms with E-state index < -0.39 is 148 Å². The Morgan fingerprint density at radius 3 is 0.564 bits per heavy atom. The first-order valence-corrected chi connectivity index (χ1v) is 26.4. The average molecular weight is 1100 g/mol. The van der Waals surface area contributed by atoms with Crippen LogP contribution in [-0.2, 0) is 1.41 Å². The minimum absolute atomic E-state index is 0.0164. The van der Waals surface area contributed by atoms with Crippen LogP contribution in [-0.4, -0.2) is 102 Å². The first kappa shape index (κ1) is 54.6. The molecule has 0 fully saturated rings. The van der Waals surface area contributed by atoms with Crippen molar-refractivity contribution in [3.05, 3.63) is 0 Å². The Morgan fingerprint density at radius 1 is 0.309 bits per heavy atom. The van der Waals surface area contributed by atoms with Gasteiger partial charge in [-0.2, -0.15) is 0 Å². The molecule has 0 spiro atoms. The molecule has 0 amide bonds. The van der Waals surface area contributed by atoms with Crippen LogP contribution in [0.3, 0.4) is 0 Å². The summed E-state index contributed by atoms with van der Waals surface area (Å²) in [5.41, 5.74) is 0. The molecule has 0 aromatic carbocycles. The number of rotatable bonds is 18. The molecule has 0 saturated heterocycles. The van der Waals surface area contributed by atoms with Crippen molar-refractivity contribution in [3.63, 3.8) is 0 Å². The molecule has 31 heteroatoms. The van der Waals surface area contributed by atoms with Crippen LogP contribution in [0.15, 0.2) is 0 Å². The minimum atomic E-state index is -11.5. The molecule has 55 heavy (non-hydrogen) atoms. The Balaban J connectivity index is 9.66. The van der Waals surface area contributed by atoms with Gasteiger partial charge in [-0.25, -0.2) is 0 Å². The Hall–Kier alpha value is -0.403. The van der Waals surface area contributed by atoms with Crippen LogP contribution < -0.4 is 0 Å². The zero-order valence-electron chi connectivity index (χ0n) is 27.4. The Labute approximate surface area is 299 Å². The molecule has 0 rings (SSSR count). The summed E-state index contributed by atoms with van der Waals surface area (Å²) < 4.78 is 369. The number of alkyl halides is 28. The molecular formula is C24H26F28OSn2. The van der Waals surface area contributed by atoms with Gasteiger partial charge in [-0.3, -0.25) is 0 Å². The van der Waals surface area contributed by atoms with Crippen LogP contribution in [0.25, 0.3) is 0 Å². The van der Waals surface area contributed by atoms with Gasteiger partial charge in [-0.05, 0) is 0 Å². The predicted octanol–water partition coefficient (Wildman–Crippen LogP) is 13.3. The maximum atomic E-state index is 16.1. The van der Waals surface area contributed by atoms with Crippen LogP contribution in [0, 0.1) is 11.8 Å². The molecule has 0 saturated carbocycles. The second-order valence-corrected chi connectivity index (χ2v) is 36.7. The monoisotopic (exact) mass is 1100 g/mol. The van der Waals surface area contributed by atoms with Crippen molar-refractivity contribution < 1.29 is 124 Å². The van der Waals surface area contributed by atoms with Gasteiger partial charge in [0.2, 0.25) is 0 Å². The van der Waals surface area contributed by atoms with Crippen LogP contribution in [0.2, 0.25) is 8.87 Å². The van der Waals surface area contributed by atoms with Crippen LogP contribution in [0.4, 0.5) is 123 Å². The normalized spacial score (nSPS) is 16.5. The van der Waals surface area contributed by atoms with E-state index in [4.69, 9.17) is 0 Å². The molecule has 0 aliphatic rings. The van der Waals surface area contributed by atoms with E-state index >= 15 is 35.1 Å². The van der Waals surface area contributed by atoms with Crippen molar-refractivity contribution >= 4 is 37.6 Å². The van der Waals surface area contributed by atoms with Crippen molar-refractivity contribution in [2.24, 2.45) is 11.8 Å². The van der Waals surface area contributed by atoms with Crippen molar-refractivity contribution in [2.45, 2.75) is 126 Å². The molecule has 0 heterocycles. The first-order chi connectivity index (χ1) is 23.4. The van der Waals surface area contributed by atoms with Gasteiger partial charge in [0.05, 0.1) is 0 Å². The van der Waals surface area contributed by atoms with Gasteiger partial charge in [-0.15, -0.1) is 0 Å². The van der Waals surface area contributed by atoms with E-state index in [1.54, 1.807) is 0 Å². The van der Waals surface area contributed by atoms with Gasteiger partial charge in [0.1, 0.15) is 0 Å². The Kier molecular flexibility index (Phi) is 15.8. The van der Waals surface area contributed by atoms with E-state index in [9.17, 15) is 87.8 Å². The van der Waals surface area contributed by atoms with Gasteiger partial charge >= 0.3 is 300 Å². The quantitative estimate of drug-likeness (QED) is 0.0982. The third kappa shape index (κ3) is 11.5. The van der Waals surface area contributed by atoms with Gasteiger partial charge in [0, 0.05) is 0 Å². The Morgan fingerprint density at radius 2 is 0.455 bits per heavy atom. The second-order valence-electron chi connectivity index (χ2n) is 13.2. The van der Waals surface area contributed by atoms with E-state index in [1.165, 1.54) is 0 Å². The van der Waals surface area contributed by atoms with Crippen molar-refractivity contribution in [3.8, 4) is 0 Å². The summed E-state index contributed by atoms with van der Waals surface area (Å²) in [4.78, 5) is 0. The van der Waals surface area contributed by atoms with Crippen LogP contribution in [0.5, 0.6) is 0 Å². The van der Waals surface area contributed by atoms with E-state index in [2.05, 4.69) is 1.41 Å². The molecule has 0 unspecified atom stereocenters. The molecule has 0 aliphatic carbocycles. The first-order valence-electron chi connectivity index (χ1n) is 14.4. The molecule has 0 aliphatic heterocycles. The summed E-state index contributed by atoms with van der Waals surface area (Å²) in [7, 11) is 0. The summed E-state index contributed by atoms with van der Waals surface area (Å²) in [6.07, 6.45) is -46.2. The van der Waals surface area contributed by atoms with Crippen LogP contribution in [0.1, 0.15) is 53.4 Å². The second kappa shape index (κ2) is 15.9. The van der Waals surface area contributed by atoms with Crippen molar-refractivity contribution in [1.82, 2.24) is 0 Å². The van der Waals surface area contributed by atoms with E-state index in [0.717, 1.165) is 0 Å². The number of hydrogen-bond donors (Lipinski definition) is 0. The van der Waals surface area contributed by atoms with E-state index in [0.29, 0.717) is 0 Å². The van der Waals surface area contributed by atoms with Crippen LogP contribution >= 0.6 is 0 Å². The molecule has 0 N–H and O–H groups in total. The third-order valence-corrected chi connectivity index (χ3v) is 46.3. The van der Waals surface area contributed by atoms with E-state index in [1.807, 2.05) is 0 Å². The zero-order valence-corrected chi connectivity index (χ0v) is 33.1. The summed E-state index contributed by atoms with van der Waals surface area (Å²) in [5, 5.41) is 0. The van der Waals surface area contributed by atoms with Crippen molar-refractivity contribution in [2.75, 3.05) is 0 Å². The SMILES string of the molecule is CC(C)[CH2][Sn]([O][Sn]([CH2]C(C)C)([C](F)(F)C(F)(F)CC(F)(F)F)[C](F)(F)C(F)(F)CC(F)(F)F)([C](F)(F)C(F)(F)CC(F)(F)F)[C](F)(F)C(F)(F)CC(F)(F)F. The predicted molar refractivity (Wildman–Crippen MR) is 134 cm³/mol. The average Bonchev–Trinajstić information content (AvgIpc) is 2.80. The fourth-order valence-corrected chi connectivity index (χ4v) is 52.9. The van der Waals surface area contributed by atoms with Gasteiger partial charge in [0.25, 0.3) is 0 Å². The molecule has 0 atom stereocenters. The number of hydrogen-bond acceptors (Lipinski definition) is 1. The topological polar surface area (TPSA) is 9.23 Å². The molecule has 332 valence electrons. The van der Waals surface area contributed by atoms with Crippen molar-refractivity contribution in [1.29, 1.82) is 0 Å². The number of halogens is 28. The van der Waals surface area contributed by atoms with E-state index in [-0.39, 0.29) is 27.7 Å². The molecule has 0 radical (unpaired) electrons.